The van der Waals surface area contributed by atoms with Crippen LogP contribution < -0.4 is 19.5 Å². The van der Waals surface area contributed by atoms with Crippen molar-refractivity contribution in [2.24, 2.45) is 0 Å². The minimum atomic E-state index is -0.894. The maximum atomic E-state index is 12.2. The smallest absolute Gasteiger partial charge is 0.220 e. The predicted octanol–water partition coefficient (Wildman–Crippen LogP) is 2.88. The lowest BCUT2D eigenvalue weighted by Gasteiger charge is -2.16. The Kier molecular flexibility index (Phi) is 7.95. The van der Waals surface area contributed by atoms with Gasteiger partial charge in [-0.3, -0.25) is 4.79 Å². The van der Waals surface area contributed by atoms with E-state index in [9.17, 15) is 9.90 Å². The Morgan fingerprint density at radius 3 is 2.59 bits per heavy atom. The number of rotatable bonds is 10. The second-order valence-corrected chi connectivity index (χ2v) is 5.97. The highest BCUT2D eigenvalue weighted by molar-refractivity contribution is 5.76. The van der Waals surface area contributed by atoms with Crippen molar-refractivity contribution in [3.05, 3.63) is 53.6 Å². The molecule has 0 heterocycles. The number of aryl methyl sites for hydroxylation is 1. The molecule has 0 saturated heterocycles. The van der Waals surface area contributed by atoms with Gasteiger partial charge in [0.1, 0.15) is 17.2 Å². The van der Waals surface area contributed by atoms with Gasteiger partial charge >= 0.3 is 0 Å². The molecule has 0 radical (unpaired) electrons. The lowest BCUT2D eigenvalue weighted by atomic mass is 10.1. The molecule has 1 unspecified atom stereocenters. The van der Waals surface area contributed by atoms with Crippen LogP contribution in [0, 0.1) is 0 Å². The standard InChI is InChI=1S/C21H27NO5/c1-4-27-19-8-6-5-7-15(19)9-12-21(24)22-14-18(23)17-13-16(25-2)10-11-20(17)26-3/h5-8,10-11,13,18,23H,4,9,12,14H2,1-3H3,(H,22,24). The summed E-state index contributed by atoms with van der Waals surface area (Å²) in [4.78, 5) is 12.2. The molecule has 0 aliphatic carbocycles. The van der Waals surface area contributed by atoms with Crippen LogP contribution in [0.5, 0.6) is 17.2 Å². The van der Waals surface area contributed by atoms with Crippen LogP contribution in [0.4, 0.5) is 0 Å². The molecule has 1 amide bonds. The van der Waals surface area contributed by atoms with Gasteiger partial charge in [0.05, 0.1) is 26.9 Å². The SMILES string of the molecule is CCOc1ccccc1CCC(=O)NCC(O)c1cc(OC)ccc1OC. The Balaban J connectivity index is 1.90. The second-order valence-electron chi connectivity index (χ2n) is 5.97. The molecular formula is C21H27NO5. The summed E-state index contributed by atoms with van der Waals surface area (Å²) in [5.41, 5.74) is 1.56. The zero-order valence-electron chi connectivity index (χ0n) is 16.0. The van der Waals surface area contributed by atoms with Crippen molar-refractivity contribution >= 4 is 5.91 Å². The minimum Gasteiger partial charge on any atom is -0.497 e. The minimum absolute atomic E-state index is 0.0927. The van der Waals surface area contributed by atoms with Gasteiger partial charge in [-0.15, -0.1) is 0 Å². The van der Waals surface area contributed by atoms with E-state index in [1.54, 1.807) is 25.3 Å². The lowest BCUT2D eigenvalue weighted by molar-refractivity contribution is -0.121. The summed E-state index contributed by atoms with van der Waals surface area (Å²) in [6.07, 6.45) is -0.0122. The number of hydrogen-bond acceptors (Lipinski definition) is 5. The maximum absolute atomic E-state index is 12.2. The summed E-state index contributed by atoms with van der Waals surface area (Å²) in [7, 11) is 3.09. The number of ether oxygens (including phenoxy) is 3. The van der Waals surface area contributed by atoms with Crippen LogP contribution in [0.25, 0.3) is 0 Å². The molecular weight excluding hydrogens is 346 g/mol. The molecule has 6 heteroatoms. The van der Waals surface area contributed by atoms with Gasteiger partial charge in [-0.2, -0.15) is 0 Å². The van der Waals surface area contributed by atoms with Crippen molar-refractivity contribution in [3.63, 3.8) is 0 Å². The highest BCUT2D eigenvalue weighted by Gasteiger charge is 2.16. The van der Waals surface area contributed by atoms with E-state index in [1.807, 2.05) is 31.2 Å². The number of amides is 1. The van der Waals surface area contributed by atoms with E-state index in [4.69, 9.17) is 14.2 Å². The third kappa shape index (κ3) is 5.89. The molecule has 27 heavy (non-hydrogen) atoms. The molecule has 0 spiro atoms. The highest BCUT2D eigenvalue weighted by Crippen LogP contribution is 2.29. The largest absolute Gasteiger partial charge is 0.497 e. The number of benzene rings is 2. The van der Waals surface area contributed by atoms with E-state index < -0.39 is 6.10 Å². The topological polar surface area (TPSA) is 77.0 Å². The molecule has 0 fully saturated rings. The average Bonchev–Trinajstić information content (AvgIpc) is 2.71. The molecule has 0 aromatic heterocycles. The molecule has 0 saturated carbocycles. The normalized spacial score (nSPS) is 11.6. The molecule has 146 valence electrons. The van der Waals surface area contributed by atoms with Crippen LogP contribution in [0.3, 0.4) is 0 Å². The molecule has 2 rings (SSSR count). The summed E-state index contributed by atoms with van der Waals surface area (Å²) in [5, 5.41) is 13.2. The lowest BCUT2D eigenvalue weighted by Crippen LogP contribution is -2.28. The predicted molar refractivity (Wildman–Crippen MR) is 103 cm³/mol. The number of aliphatic hydroxyl groups is 1. The van der Waals surface area contributed by atoms with E-state index >= 15 is 0 Å². The number of carbonyl (C=O) groups is 1. The van der Waals surface area contributed by atoms with Crippen LogP contribution in [0.15, 0.2) is 42.5 Å². The number of aliphatic hydroxyl groups excluding tert-OH is 1. The van der Waals surface area contributed by atoms with E-state index in [2.05, 4.69) is 5.32 Å². The first kappa shape index (κ1) is 20.6. The zero-order chi connectivity index (χ0) is 19.6. The Morgan fingerprint density at radius 2 is 1.89 bits per heavy atom. The number of carbonyl (C=O) groups excluding carboxylic acids is 1. The first-order chi connectivity index (χ1) is 13.1. The third-order valence-corrected chi connectivity index (χ3v) is 4.18. The monoisotopic (exact) mass is 373 g/mol. The van der Waals surface area contributed by atoms with Crippen molar-refractivity contribution in [1.82, 2.24) is 5.32 Å². The Bertz CT molecular complexity index is 747. The molecule has 0 aliphatic heterocycles. The van der Waals surface area contributed by atoms with Gasteiger partial charge in [0, 0.05) is 18.5 Å². The molecule has 0 bridgehead atoms. The van der Waals surface area contributed by atoms with Crippen LogP contribution in [0.1, 0.15) is 30.6 Å². The van der Waals surface area contributed by atoms with Crippen LogP contribution >= 0.6 is 0 Å². The molecule has 2 N–H and O–H groups in total. The van der Waals surface area contributed by atoms with Crippen molar-refractivity contribution < 1.29 is 24.1 Å². The Hall–Kier alpha value is -2.73. The second kappa shape index (κ2) is 10.4. The molecule has 0 aliphatic rings. The van der Waals surface area contributed by atoms with Gasteiger partial charge < -0.3 is 24.6 Å². The van der Waals surface area contributed by atoms with Crippen LogP contribution in [-0.4, -0.2) is 38.4 Å². The number of methoxy groups -OCH3 is 2. The summed E-state index contributed by atoms with van der Waals surface area (Å²) in [6, 6.07) is 12.9. The van der Waals surface area contributed by atoms with E-state index in [-0.39, 0.29) is 12.5 Å². The van der Waals surface area contributed by atoms with Gasteiger partial charge in [0.15, 0.2) is 0 Å². The van der Waals surface area contributed by atoms with Crippen molar-refractivity contribution in [2.75, 3.05) is 27.4 Å². The van der Waals surface area contributed by atoms with Gasteiger partial charge in [0.2, 0.25) is 5.91 Å². The average molecular weight is 373 g/mol. The third-order valence-electron chi connectivity index (χ3n) is 4.18. The fraction of sp³-hybridized carbons (Fsp3) is 0.381. The summed E-state index contributed by atoms with van der Waals surface area (Å²) in [5.74, 6) is 1.82. The first-order valence-corrected chi connectivity index (χ1v) is 8.96. The summed E-state index contributed by atoms with van der Waals surface area (Å²) in [6.45, 7) is 2.60. The highest BCUT2D eigenvalue weighted by atomic mass is 16.5. The van der Waals surface area contributed by atoms with Gasteiger partial charge in [-0.05, 0) is 43.2 Å². The van der Waals surface area contributed by atoms with Crippen molar-refractivity contribution in [3.8, 4) is 17.2 Å². The van der Waals surface area contributed by atoms with Gasteiger partial charge in [0.25, 0.3) is 0 Å². The quantitative estimate of drug-likeness (QED) is 0.670. The fourth-order valence-corrected chi connectivity index (χ4v) is 2.76. The summed E-state index contributed by atoms with van der Waals surface area (Å²) < 4.78 is 16.0. The van der Waals surface area contributed by atoms with E-state index in [0.29, 0.717) is 36.5 Å². The molecule has 2 aromatic carbocycles. The maximum Gasteiger partial charge on any atom is 0.220 e. The van der Waals surface area contributed by atoms with Crippen molar-refractivity contribution in [1.29, 1.82) is 0 Å². The van der Waals surface area contributed by atoms with E-state index in [0.717, 1.165) is 11.3 Å². The van der Waals surface area contributed by atoms with Crippen LogP contribution in [-0.2, 0) is 11.2 Å². The Labute approximate surface area is 160 Å². The van der Waals surface area contributed by atoms with Gasteiger partial charge in [-0.25, -0.2) is 0 Å². The number of hydrogen-bond donors (Lipinski definition) is 2. The molecule has 2 aromatic rings. The van der Waals surface area contributed by atoms with Crippen molar-refractivity contribution in [2.45, 2.75) is 25.9 Å². The zero-order valence-corrected chi connectivity index (χ0v) is 16.0. The number of nitrogens with one attached hydrogen (secondary N) is 1. The van der Waals surface area contributed by atoms with Gasteiger partial charge in [-0.1, -0.05) is 18.2 Å². The first-order valence-electron chi connectivity index (χ1n) is 8.96. The fourth-order valence-electron chi connectivity index (χ4n) is 2.76. The summed E-state index contributed by atoms with van der Waals surface area (Å²) >= 11 is 0. The van der Waals surface area contributed by atoms with E-state index in [1.165, 1.54) is 7.11 Å². The van der Waals surface area contributed by atoms with Crippen LogP contribution in [0.2, 0.25) is 0 Å². The Morgan fingerprint density at radius 1 is 1.11 bits per heavy atom. The number of para-hydroxylation sites is 1. The molecule has 1 atom stereocenters. The molecule has 6 nitrogen and oxygen atoms in total.